The summed E-state index contributed by atoms with van der Waals surface area (Å²) in [5, 5.41) is 22.3. The molecule has 0 fully saturated rings. The van der Waals surface area contributed by atoms with Crippen LogP contribution < -0.4 is 14.7 Å². The van der Waals surface area contributed by atoms with Gasteiger partial charge in [0.15, 0.2) is 0 Å². The number of hydrogen-bond acceptors (Lipinski definition) is 3. The molecule has 6 heteroatoms. The summed E-state index contributed by atoms with van der Waals surface area (Å²) in [6, 6.07) is 197. The maximum Gasteiger partial charge on any atom is 0.0640 e. The van der Waals surface area contributed by atoms with Gasteiger partial charge in [0.1, 0.15) is 0 Å². The molecule has 0 saturated heterocycles. The largest absolute Gasteiger partial charge is 0.310 e. The fourth-order valence-corrected chi connectivity index (χ4v) is 21.0. The maximum atomic E-state index is 2.43. The highest BCUT2D eigenvalue weighted by Crippen LogP contribution is 2.51. The number of benzene rings is 24. The maximum absolute atomic E-state index is 2.43. The van der Waals surface area contributed by atoms with Gasteiger partial charge in [0.25, 0.3) is 0 Å². The van der Waals surface area contributed by atoms with Crippen molar-refractivity contribution in [1.29, 1.82) is 0 Å². The van der Waals surface area contributed by atoms with Crippen molar-refractivity contribution in [1.82, 2.24) is 13.7 Å². The molecule has 0 atom stereocenters. The second-order valence-corrected chi connectivity index (χ2v) is 35.4. The third-order valence-electron chi connectivity index (χ3n) is 27.4. The molecule has 3 aromatic heterocycles. The topological polar surface area (TPSA) is 24.5 Å². The Kier molecular flexibility index (Phi) is 20.9. The van der Waals surface area contributed by atoms with Gasteiger partial charge in [0, 0.05) is 111 Å². The standard InChI is InChI=1S/3C44H30N2/c1-3-16-36(17-4-1)45(38-27-25-32(26-28-38)34-24-23-31-13-7-8-14-33(31)29-34)42-30-35-15-9-10-20-39(35)44-43(42)40-21-11-12-22-41(40)46(44)37-18-5-2-6-19-37;1-3-15-35(16-4-1)45(37-27-25-32(26-28-37)34-24-23-31-13-7-8-14-33(31)29-34)43-30-41-39-20-11-12-22-42(39)46(36-17-5-2-6-18-36)44(41)40-21-10-9-19-38(40)43;1-3-14-36(15-4-1)45(38-24-21-32(22-25-38)35-20-19-31-11-7-8-13-34(31)29-35)39-26-28-43-42(30-39)41-27-23-33-12-9-10-18-40(33)44(41)46(43)37-16-5-2-6-17-37/h3*1-30H. The Labute approximate surface area is 800 Å². The first-order valence-corrected chi connectivity index (χ1v) is 47.3. The van der Waals surface area contributed by atoms with Crippen molar-refractivity contribution in [2.75, 3.05) is 14.7 Å². The molecular formula is C132H90N6. The number of hydrogen-bond donors (Lipinski definition) is 0. The molecule has 27 rings (SSSR count). The van der Waals surface area contributed by atoms with Crippen LogP contribution in [0.2, 0.25) is 0 Å². The summed E-state index contributed by atoms with van der Waals surface area (Å²) in [5.74, 6) is 0. The highest BCUT2D eigenvalue weighted by molar-refractivity contribution is 6.26. The van der Waals surface area contributed by atoms with Crippen LogP contribution in [0.4, 0.5) is 51.2 Å². The van der Waals surface area contributed by atoms with Gasteiger partial charge in [-0.1, -0.05) is 376 Å². The van der Waals surface area contributed by atoms with E-state index in [0.29, 0.717) is 0 Å². The quantitative estimate of drug-likeness (QED) is 0.102. The second-order valence-electron chi connectivity index (χ2n) is 35.4. The molecule has 0 bridgehead atoms. The van der Waals surface area contributed by atoms with E-state index in [1.54, 1.807) is 0 Å². The van der Waals surface area contributed by atoms with Gasteiger partial charge in [-0.2, -0.15) is 0 Å². The van der Waals surface area contributed by atoms with E-state index in [1.165, 1.54) is 163 Å². The molecule has 0 spiro atoms. The van der Waals surface area contributed by atoms with Gasteiger partial charge < -0.3 is 28.4 Å². The van der Waals surface area contributed by atoms with Gasteiger partial charge in [-0.25, -0.2) is 0 Å². The first-order chi connectivity index (χ1) is 68.5. The Hall–Kier alpha value is -18.4. The van der Waals surface area contributed by atoms with Gasteiger partial charge in [-0.05, 0) is 246 Å². The lowest BCUT2D eigenvalue weighted by Crippen LogP contribution is -2.10. The summed E-state index contributed by atoms with van der Waals surface area (Å²) in [4.78, 5) is 7.18. The van der Waals surface area contributed by atoms with Gasteiger partial charge in [-0.15, -0.1) is 0 Å². The molecule has 648 valence electrons. The molecule has 24 aromatic carbocycles. The first-order valence-electron chi connectivity index (χ1n) is 47.3. The molecule has 0 saturated carbocycles. The van der Waals surface area contributed by atoms with Gasteiger partial charge in [-0.3, -0.25) is 0 Å². The van der Waals surface area contributed by atoms with Crippen LogP contribution in [0.1, 0.15) is 0 Å². The van der Waals surface area contributed by atoms with Crippen molar-refractivity contribution in [2.24, 2.45) is 0 Å². The van der Waals surface area contributed by atoms with Gasteiger partial charge in [0.05, 0.1) is 44.5 Å². The van der Waals surface area contributed by atoms with E-state index < -0.39 is 0 Å². The molecule has 138 heavy (non-hydrogen) atoms. The molecule has 0 amide bonds. The Balaban J connectivity index is 0.000000110. The average Bonchev–Trinajstić information content (AvgIpc) is 1.56. The van der Waals surface area contributed by atoms with Crippen LogP contribution in [0, 0.1) is 0 Å². The number of fused-ring (bicyclic) bond motifs is 18. The van der Waals surface area contributed by atoms with Gasteiger partial charge in [0.2, 0.25) is 0 Å². The Morgan fingerprint density at radius 1 is 0.130 bits per heavy atom. The third kappa shape index (κ3) is 14.8. The summed E-state index contributed by atoms with van der Waals surface area (Å²) in [7, 11) is 0. The molecule has 0 N–H and O–H groups in total. The van der Waals surface area contributed by atoms with Crippen LogP contribution in [0.5, 0.6) is 0 Å². The summed E-state index contributed by atoms with van der Waals surface area (Å²) < 4.78 is 7.27. The fraction of sp³-hybridized carbons (Fsp3) is 0. The SMILES string of the molecule is c1ccc(N(c2ccc(-c3ccc4ccccc4c3)cc2)c2cc3c4ccccc4n(-c4ccccc4)c3c3ccccc23)cc1.c1ccc(N(c2ccc(-c3ccc4ccccc4c3)cc2)c2cc3ccccc3c3c2c2ccccc2n3-c2ccccc2)cc1.c1ccc(N(c2ccc(-c3ccc4ccccc4c3)cc2)c2ccc3c(c2)c2ccc4ccccc4c2n3-c2ccccc2)cc1. The van der Waals surface area contributed by atoms with Crippen molar-refractivity contribution < 1.29 is 0 Å². The van der Waals surface area contributed by atoms with Crippen LogP contribution in [0.25, 0.3) is 180 Å². The molecular weight excluding hydrogens is 1670 g/mol. The lowest BCUT2D eigenvalue weighted by Gasteiger charge is -2.27. The molecule has 0 unspecified atom stereocenters. The lowest BCUT2D eigenvalue weighted by molar-refractivity contribution is 1.18. The van der Waals surface area contributed by atoms with Crippen LogP contribution in [0.3, 0.4) is 0 Å². The number of rotatable bonds is 15. The predicted molar refractivity (Wildman–Crippen MR) is 588 cm³/mol. The molecule has 0 aliphatic heterocycles. The van der Waals surface area contributed by atoms with Crippen LogP contribution >= 0.6 is 0 Å². The minimum atomic E-state index is 1.11. The van der Waals surface area contributed by atoms with E-state index in [-0.39, 0.29) is 0 Å². The minimum absolute atomic E-state index is 1.11. The van der Waals surface area contributed by atoms with E-state index in [2.05, 4.69) is 574 Å². The van der Waals surface area contributed by atoms with E-state index >= 15 is 0 Å². The number of anilines is 9. The first kappa shape index (κ1) is 81.6. The Morgan fingerprint density at radius 3 is 0.899 bits per heavy atom. The number of para-hydroxylation sites is 8. The number of aromatic nitrogens is 3. The molecule has 0 aliphatic rings. The highest BCUT2D eigenvalue weighted by Gasteiger charge is 2.27. The van der Waals surface area contributed by atoms with Crippen molar-refractivity contribution in [2.45, 2.75) is 0 Å². The summed E-state index contributed by atoms with van der Waals surface area (Å²) >= 11 is 0. The lowest BCUT2D eigenvalue weighted by atomic mass is 10.00. The van der Waals surface area contributed by atoms with Crippen LogP contribution in [-0.2, 0) is 0 Å². The smallest absolute Gasteiger partial charge is 0.0640 e. The number of nitrogens with zero attached hydrogens (tertiary/aromatic N) is 6. The van der Waals surface area contributed by atoms with Crippen molar-refractivity contribution in [3.05, 3.63) is 546 Å². The van der Waals surface area contributed by atoms with E-state index in [4.69, 9.17) is 0 Å². The molecule has 27 aromatic rings. The van der Waals surface area contributed by atoms with Crippen LogP contribution in [-0.4, -0.2) is 13.7 Å². The normalized spacial score (nSPS) is 11.5. The van der Waals surface area contributed by atoms with Crippen molar-refractivity contribution in [3.63, 3.8) is 0 Å². The molecule has 0 aliphatic carbocycles. The third-order valence-corrected chi connectivity index (χ3v) is 27.4. The summed E-state index contributed by atoms with van der Waals surface area (Å²) in [5.41, 5.74) is 28.2. The van der Waals surface area contributed by atoms with Crippen molar-refractivity contribution >= 4 is 181 Å². The Bertz CT molecular complexity index is 9200. The molecule has 3 heterocycles. The average molecular weight is 1760 g/mol. The Morgan fingerprint density at radius 2 is 0.428 bits per heavy atom. The monoisotopic (exact) mass is 1760 g/mol. The molecule has 0 radical (unpaired) electrons. The predicted octanol–water partition coefficient (Wildman–Crippen LogP) is 36.7. The fourth-order valence-electron chi connectivity index (χ4n) is 21.0. The summed E-state index contributed by atoms with van der Waals surface area (Å²) in [6.07, 6.45) is 0. The van der Waals surface area contributed by atoms with Crippen molar-refractivity contribution in [3.8, 4) is 50.4 Å². The summed E-state index contributed by atoms with van der Waals surface area (Å²) in [6.45, 7) is 0. The van der Waals surface area contributed by atoms with E-state index in [1.807, 2.05) is 0 Å². The second kappa shape index (κ2) is 35.3. The van der Waals surface area contributed by atoms with Crippen LogP contribution in [0.15, 0.2) is 546 Å². The zero-order valence-electron chi connectivity index (χ0n) is 75.6. The van der Waals surface area contributed by atoms with Gasteiger partial charge >= 0.3 is 0 Å². The minimum Gasteiger partial charge on any atom is -0.310 e. The van der Waals surface area contributed by atoms with E-state index in [9.17, 15) is 0 Å². The zero-order chi connectivity index (χ0) is 91.4. The highest BCUT2D eigenvalue weighted by atomic mass is 15.2. The zero-order valence-corrected chi connectivity index (χ0v) is 75.6. The molecule has 6 nitrogen and oxygen atoms in total. The van der Waals surface area contributed by atoms with E-state index in [0.717, 1.165) is 68.2 Å².